The zero-order chi connectivity index (χ0) is 27.7. The van der Waals surface area contributed by atoms with Gasteiger partial charge in [0.1, 0.15) is 6.61 Å². The molecule has 1 aliphatic rings. The highest BCUT2D eigenvalue weighted by Crippen LogP contribution is 2.52. The Hall–Kier alpha value is -3.33. The lowest BCUT2D eigenvalue weighted by molar-refractivity contribution is 0.114. The van der Waals surface area contributed by atoms with Gasteiger partial charge in [-0.3, -0.25) is 4.18 Å². The van der Waals surface area contributed by atoms with Crippen LogP contribution in [-0.2, 0) is 23.8 Å². The molecule has 1 aliphatic heterocycles. The number of likely N-dealkylation sites (tertiary alicyclic amines) is 1. The topological polar surface area (TPSA) is 72.9 Å². The lowest BCUT2D eigenvalue weighted by Gasteiger charge is -2.37. The van der Waals surface area contributed by atoms with E-state index < -0.39 is 21.0 Å². The largest absolute Gasteiger partial charge is 0.445 e. The molecule has 1 saturated heterocycles. The number of carbonyl (C=O) groups excluding carboxylic acids is 1. The first-order valence-electron chi connectivity index (χ1n) is 12.7. The van der Waals surface area contributed by atoms with Gasteiger partial charge in [0.05, 0.1) is 23.7 Å². The summed E-state index contributed by atoms with van der Waals surface area (Å²) < 4.78 is 32.5. The molecule has 204 valence electrons. The van der Waals surface area contributed by atoms with Crippen LogP contribution >= 0.6 is 11.8 Å². The molecule has 1 fully saturated rings. The molecule has 3 aromatic carbocycles. The van der Waals surface area contributed by atoms with E-state index in [4.69, 9.17) is 8.92 Å². The Morgan fingerprint density at radius 1 is 0.949 bits per heavy atom. The van der Waals surface area contributed by atoms with Crippen LogP contribution in [0.1, 0.15) is 23.1 Å². The summed E-state index contributed by atoms with van der Waals surface area (Å²) in [6.07, 6.45) is 6.26. The second kappa shape index (κ2) is 13.2. The Morgan fingerprint density at radius 2 is 1.46 bits per heavy atom. The molecule has 2 unspecified atom stereocenters. The minimum absolute atomic E-state index is 0.0485. The van der Waals surface area contributed by atoms with Crippen molar-refractivity contribution < 1.29 is 22.1 Å². The van der Waals surface area contributed by atoms with Crippen molar-refractivity contribution in [3.05, 3.63) is 132 Å². The molecule has 0 aliphatic carbocycles. The van der Waals surface area contributed by atoms with E-state index in [9.17, 15) is 13.2 Å². The first kappa shape index (κ1) is 28.7. The summed E-state index contributed by atoms with van der Waals surface area (Å²) in [5.74, 6) is 0. The van der Waals surface area contributed by atoms with Crippen LogP contribution in [0, 0.1) is 0 Å². The quantitative estimate of drug-likeness (QED) is 0.162. The van der Waals surface area contributed by atoms with Gasteiger partial charge < -0.3 is 9.64 Å². The normalized spacial score (nSPS) is 17.8. The van der Waals surface area contributed by atoms with Crippen LogP contribution in [0.15, 0.2) is 116 Å². The maximum atomic E-state index is 13.0. The van der Waals surface area contributed by atoms with Crippen LogP contribution in [0.3, 0.4) is 0 Å². The van der Waals surface area contributed by atoms with E-state index in [1.54, 1.807) is 11.0 Å². The molecule has 0 saturated carbocycles. The minimum atomic E-state index is -3.56. The van der Waals surface area contributed by atoms with Gasteiger partial charge in [0.25, 0.3) is 10.1 Å². The fourth-order valence-electron chi connectivity index (χ4n) is 4.87. The molecule has 1 amide bonds. The predicted molar refractivity (Wildman–Crippen MR) is 157 cm³/mol. The zero-order valence-electron chi connectivity index (χ0n) is 21.9. The average molecular weight is 564 g/mol. The number of thioether (sulfide) groups is 1. The van der Waals surface area contributed by atoms with Gasteiger partial charge in [0.15, 0.2) is 0 Å². The summed E-state index contributed by atoms with van der Waals surface area (Å²) in [5, 5.41) is 0.0485. The highest BCUT2D eigenvalue weighted by atomic mass is 32.2. The summed E-state index contributed by atoms with van der Waals surface area (Å²) >= 11 is 1.82. The Morgan fingerprint density at radius 3 is 1.92 bits per heavy atom. The summed E-state index contributed by atoms with van der Waals surface area (Å²) in [6, 6.07) is 31.0. The van der Waals surface area contributed by atoms with Crippen LogP contribution in [-0.4, -0.2) is 56.7 Å². The second-order valence-electron chi connectivity index (χ2n) is 9.26. The Bertz CT molecular complexity index is 1270. The SMILES string of the molecule is C=CCOC(=O)N1CC(SC(c2ccccc2)(c2ccccc2)c2ccccc2)CC1C=CCOS(C)(=O)=O. The van der Waals surface area contributed by atoms with Gasteiger partial charge in [-0.2, -0.15) is 8.42 Å². The zero-order valence-corrected chi connectivity index (χ0v) is 23.5. The van der Waals surface area contributed by atoms with Gasteiger partial charge in [-0.05, 0) is 23.1 Å². The van der Waals surface area contributed by atoms with E-state index in [2.05, 4.69) is 79.4 Å². The lowest BCUT2D eigenvalue weighted by Crippen LogP contribution is -2.36. The van der Waals surface area contributed by atoms with Gasteiger partial charge in [0, 0.05) is 11.8 Å². The standard InChI is InChI=1S/C31H33NO5S2/c1-3-21-36-30(33)32-24-29(23-28(32)20-13-22-37-39(2,34)35)38-31(25-14-7-4-8-15-25,26-16-9-5-10-17-26)27-18-11-6-12-19-27/h3-20,28-29H,1,21-24H2,2H3. The van der Waals surface area contributed by atoms with Crippen molar-refractivity contribution in [3.63, 3.8) is 0 Å². The molecule has 0 radical (unpaired) electrons. The van der Waals surface area contributed by atoms with Crippen molar-refractivity contribution in [1.29, 1.82) is 0 Å². The van der Waals surface area contributed by atoms with Crippen molar-refractivity contribution >= 4 is 28.0 Å². The third-order valence-corrected chi connectivity index (χ3v) is 8.78. The fraction of sp³-hybridized carbons (Fsp3) is 0.258. The number of benzene rings is 3. The molecule has 3 aromatic rings. The van der Waals surface area contributed by atoms with Crippen LogP contribution < -0.4 is 0 Å². The van der Waals surface area contributed by atoms with Crippen LogP contribution in [0.5, 0.6) is 0 Å². The van der Waals surface area contributed by atoms with Crippen LogP contribution in [0.2, 0.25) is 0 Å². The summed E-state index contributed by atoms with van der Waals surface area (Å²) in [7, 11) is -3.56. The van der Waals surface area contributed by atoms with Gasteiger partial charge >= 0.3 is 6.09 Å². The lowest BCUT2D eigenvalue weighted by atomic mass is 9.84. The summed E-state index contributed by atoms with van der Waals surface area (Å²) in [5.41, 5.74) is 3.44. The maximum absolute atomic E-state index is 13.0. The number of hydrogen-bond donors (Lipinski definition) is 0. The molecule has 6 nitrogen and oxygen atoms in total. The van der Waals surface area contributed by atoms with Gasteiger partial charge in [-0.1, -0.05) is 116 Å². The van der Waals surface area contributed by atoms with Crippen molar-refractivity contribution in [1.82, 2.24) is 4.90 Å². The minimum Gasteiger partial charge on any atom is -0.445 e. The molecule has 1 heterocycles. The molecule has 8 heteroatoms. The number of rotatable bonds is 11. The third kappa shape index (κ3) is 7.20. The number of carbonyl (C=O) groups is 1. The average Bonchev–Trinajstić information content (AvgIpc) is 3.36. The molecule has 0 aromatic heterocycles. The van der Waals surface area contributed by atoms with Crippen molar-refractivity contribution in [2.24, 2.45) is 0 Å². The van der Waals surface area contributed by atoms with Gasteiger partial charge in [-0.15, -0.1) is 11.8 Å². The highest BCUT2D eigenvalue weighted by molar-refractivity contribution is 8.01. The predicted octanol–water partition coefficient (Wildman–Crippen LogP) is 6.01. The molecule has 4 rings (SSSR count). The smallest absolute Gasteiger partial charge is 0.410 e. The Balaban J connectivity index is 1.72. The van der Waals surface area contributed by atoms with Crippen molar-refractivity contribution in [2.75, 3.05) is 26.0 Å². The summed E-state index contributed by atoms with van der Waals surface area (Å²) in [6.45, 7) is 4.13. The molecule has 2 atom stereocenters. The number of nitrogens with zero attached hydrogens (tertiary/aromatic N) is 1. The van der Waals surface area contributed by atoms with Crippen LogP contribution in [0.4, 0.5) is 4.79 Å². The van der Waals surface area contributed by atoms with E-state index in [1.807, 2.05) is 36.0 Å². The van der Waals surface area contributed by atoms with Gasteiger partial charge in [-0.25, -0.2) is 4.79 Å². The first-order valence-corrected chi connectivity index (χ1v) is 15.4. The van der Waals surface area contributed by atoms with E-state index in [0.717, 1.165) is 22.9 Å². The number of ether oxygens (including phenoxy) is 1. The first-order chi connectivity index (χ1) is 18.8. The Kier molecular flexibility index (Phi) is 9.67. The van der Waals surface area contributed by atoms with E-state index in [-0.39, 0.29) is 24.5 Å². The van der Waals surface area contributed by atoms with Crippen molar-refractivity contribution in [3.8, 4) is 0 Å². The Labute approximate surface area is 235 Å². The molecule has 0 spiro atoms. The highest BCUT2D eigenvalue weighted by Gasteiger charge is 2.44. The van der Waals surface area contributed by atoms with Crippen LogP contribution in [0.25, 0.3) is 0 Å². The number of amides is 1. The van der Waals surface area contributed by atoms with E-state index in [0.29, 0.717) is 13.0 Å². The third-order valence-electron chi connectivity index (χ3n) is 6.49. The van der Waals surface area contributed by atoms with Gasteiger partial charge in [0.2, 0.25) is 0 Å². The molecular weight excluding hydrogens is 530 g/mol. The van der Waals surface area contributed by atoms with Crippen molar-refractivity contribution in [2.45, 2.75) is 22.5 Å². The molecular formula is C31H33NO5S2. The van der Waals surface area contributed by atoms with E-state index in [1.165, 1.54) is 6.08 Å². The molecule has 0 N–H and O–H groups in total. The maximum Gasteiger partial charge on any atom is 0.410 e. The van der Waals surface area contributed by atoms with E-state index >= 15 is 0 Å². The summed E-state index contributed by atoms with van der Waals surface area (Å²) in [4.78, 5) is 14.7. The second-order valence-corrected chi connectivity index (χ2v) is 12.4. The molecule has 39 heavy (non-hydrogen) atoms. The molecule has 0 bridgehead atoms. The fourth-order valence-corrected chi connectivity index (χ4v) is 7.04. The number of hydrogen-bond acceptors (Lipinski definition) is 6. The monoisotopic (exact) mass is 563 g/mol.